The van der Waals surface area contributed by atoms with E-state index in [2.05, 4.69) is 47.1 Å². The molecule has 0 radical (unpaired) electrons. The van der Waals surface area contributed by atoms with Gasteiger partial charge in [0.1, 0.15) is 5.82 Å². The van der Waals surface area contributed by atoms with Crippen molar-refractivity contribution in [1.82, 2.24) is 14.9 Å². The van der Waals surface area contributed by atoms with Crippen molar-refractivity contribution in [2.24, 2.45) is 0 Å². The predicted octanol–water partition coefficient (Wildman–Crippen LogP) is 5.60. The fraction of sp³-hybridized carbons (Fsp3) is 0.440. The van der Waals surface area contributed by atoms with Gasteiger partial charge in [-0.1, -0.05) is 49.6 Å². The number of fused-ring (bicyclic) bond motifs is 1. The first-order chi connectivity index (χ1) is 14.1. The van der Waals surface area contributed by atoms with Crippen molar-refractivity contribution in [1.29, 1.82) is 0 Å². The number of hydrogen-bond acceptors (Lipinski definition) is 2. The molecule has 0 aliphatic rings. The zero-order valence-electron chi connectivity index (χ0n) is 18.0. The minimum atomic E-state index is 0.0314. The highest BCUT2D eigenvalue weighted by Crippen LogP contribution is 2.19. The van der Waals surface area contributed by atoms with Crippen molar-refractivity contribution in [3.8, 4) is 0 Å². The van der Waals surface area contributed by atoms with Crippen LogP contribution in [0.15, 0.2) is 42.5 Å². The van der Waals surface area contributed by atoms with Gasteiger partial charge in [-0.25, -0.2) is 4.98 Å². The molecule has 3 rings (SSSR count). The van der Waals surface area contributed by atoms with E-state index < -0.39 is 0 Å². The van der Waals surface area contributed by atoms with Gasteiger partial charge in [-0.3, -0.25) is 4.79 Å². The van der Waals surface area contributed by atoms with Crippen LogP contribution in [0.25, 0.3) is 11.0 Å². The van der Waals surface area contributed by atoms with Crippen LogP contribution in [0.5, 0.6) is 0 Å². The van der Waals surface area contributed by atoms with E-state index in [9.17, 15) is 4.79 Å². The highest BCUT2D eigenvalue weighted by atomic mass is 16.1. The Balaban J connectivity index is 1.46. The fourth-order valence-electron chi connectivity index (χ4n) is 3.83. The lowest BCUT2D eigenvalue weighted by Crippen LogP contribution is -2.25. The highest BCUT2D eigenvalue weighted by molar-refractivity contribution is 5.95. The number of unbranched alkanes of at least 4 members (excludes halogenated alkanes) is 3. The number of imidazole rings is 1. The van der Waals surface area contributed by atoms with Gasteiger partial charge in [0.05, 0.1) is 11.0 Å². The number of hydrogen-bond donors (Lipinski definition) is 1. The van der Waals surface area contributed by atoms with E-state index >= 15 is 0 Å². The second-order valence-corrected chi connectivity index (χ2v) is 7.91. The molecule has 0 bridgehead atoms. The zero-order valence-corrected chi connectivity index (χ0v) is 18.0. The fourth-order valence-corrected chi connectivity index (χ4v) is 3.83. The molecule has 0 spiro atoms. The molecular formula is C25H33N3O. The zero-order chi connectivity index (χ0) is 20.6. The summed E-state index contributed by atoms with van der Waals surface area (Å²) in [7, 11) is 0. The molecule has 1 N–H and O–H groups in total. The van der Waals surface area contributed by atoms with E-state index in [0.717, 1.165) is 55.4 Å². The van der Waals surface area contributed by atoms with Gasteiger partial charge >= 0.3 is 0 Å². The van der Waals surface area contributed by atoms with Crippen molar-refractivity contribution < 1.29 is 4.79 Å². The number of aromatic nitrogens is 2. The van der Waals surface area contributed by atoms with Crippen molar-refractivity contribution in [3.05, 3.63) is 65.0 Å². The van der Waals surface area contributed by atoms with E-state index in [0.29, 0.717) is 0 Å². The van der Waals surface area contributed by atoms with E-state index in [1.54, 1.807) is 0 Å². The summed E-state index contributed by atoms with van der Waals surface area (Å²) in [5, 5.41) is 3.06. The smallest absolute Gasteiger partial charge is 0.251 e. The van der Waals surface area contributed by atoms with Crippen LogP contribution in [0.4, 0.5) is 0 Å². The minimum absolute atomic E-state index is 0.0314. The molecule has 1 heterocycles. The van der Waals surface area contributed by atoms with Gasteiger partial charge in [-0.15, -0.1) is 0 Å². The average molecular weight is 392 g/mol. The largest absolute Gasteiger partial charge is 0.352 e. The average Bonchev–Trinajstić information content (AvgIpc) is 3.06. The second-order valence-electron chi connectivity index (χ2n) is 7.91. The summed E-state index contributed by atoms with van der Waals surface area (Å²) < 4.78 is 2.39. The maximum absolute atomic E-state index is 12.4. The number of para-hydroxylation sites is 2. The van der Waals surface area contributed by atoms with Gasteiger partial charge in [0, 0.05) is 25.1 Å². The maximum atomic E-state index is 12.4. The molecule has 0 unspecified atom stereocenters. The molecule has 0 aliphatic carbocycles. The molecule has 29 heavy (non-hydrogen) atoms. The predicted molar refractivity (Wildman–Crippen MR) is 120 cm³/mol. The van der Waals surface area contributed by atoms with Crippen LogP contribution in [-0.4, -0.2) is 22.0 Å². The van der Waals surface area contributed by atoms with Crippen LogP contribution in [0, 0.1) is 13.8 Å². The second kappa shape index (κ2) is 10.2. The summed E-state index contributed by atoms with van der Waals surface area (Å²) in [6.07, 6.45) is 6.53. The molecule has 3 aromatic rings. The third-order valence-electron chi connectivity index (χ3n) is 5.46. The number of nitrogens with one attached hydrogen (secondary N) is 1. The molecule has 154 valence electrons. The molecule has 4 nitrogen and oxygen atoms in total. The van der Waals surface area contributed by atoms with Crippen LogP contribution in [0.1, 0.15) is 66.3 Å². The van der Waals surface area contributed by atoms with Gasteiger partial charge in [0.15, 0.2) is 0 Å². The van der Waals surface area contributed by atoms with Gasteiger partial charge in [0.25, 0.3) is 5.91 Å². The molecule has 0 saturated heterocycles. The van der Waals surface area contributed by atoms with Crippen LogP contribution in [0.3, 0.4) is 0 Å². The Morgan fingerprint density at radius 1 is 1.03 bits per heavy atom. The Labute approximate surface area is 174 Å². The molecule has 0 aliphatic heterocycles. The summed E-state index contributed by atoms with van der Waals surface area (Å²) in [6.45, 7) is 8.03. The number of carbonyl (C=O) groups excluding carboxylic acids is 1. The Hall–Kier alpha value is -2.62. The topological polar surface area (TPSA) is 46.9 Å². The Morgan fingerprint density at radius 3 is 2.66 bits per heavy atom. The van der Waals surface area contributed by atoms with Crippen molar-refractivity contribution in [3.63, 3.8) is 0 Å². The minimum Gasteiger partial charge on any atom is -0.352 e. The lowest BCUT2D eigenvalue weighted by atomic mass is 10.1. The van der Waals surface area contributed by atoms with E-state index in [-0.39, 0.29) is 5.91 Å². The molecule has 1 aromatic heterocycles. The number of rotatable bonds is 10. The first kappa shape index (κ1) is 21.1. The number of benzene rings is 2. The van der Waals surface area contributed by atoms with E-state index in [1.807, 2.05) is 26.0 Å². The lowest BCUT2D eigenvalue weighted by molar-refractivity contribution is 0.0952. The Morgan fingerprint density at radius 2 is 1.86 bits per heavy atom. The number of carbonyl (C=O) groups is 1. The van der Waals surface area contributed by atoms with Crippen molar-refractivity contribution in [2.45, 2.75) is 65.8 Å². The Kier molecular flexibility index (Phi) is 7.45. The van der Waals surface area contributed by atoms with Gasteiger partial charge in [-0.05, 0) is 56.9 Å². The van der Waals surface area contributed by atoms with Crippen LogP contribution in [-0.2, 0) is 13.0 Å². The standard InChI is InChI=1S/C25H33N3O/c1-4-5-17-28-23-12-9-8-11-22(23)27-24(28)13-7-6-10-16-26-25(29)21-15-14-19(2)18-20(21)3/h8-9,11-12,14-15,18H,4-7,10,13,16-17H2,1-3H3,(H,26,29). The molecule has 4 heteroatoms. The lowest BCUT2D eigenvalue weighted by Gasteiger charge is -2.10. The maximum Gasteiger partial charge on any atom is 0.251 e. The molecule has 1 amide bonds. The molecule has 2 aromatic carbocycles. The Bertz CT molecular complexity index is 958. The van der Waals surface area contributed by atoms with Crippen molar-refractivity contribution >= 4 is 16.9 Å². The summed E-state index contributed by atoms with van der Waals surface area (Å²) in [5.74, 6) is 1.22. The SMILES string of the molecule is CCCCn1c(CCCCCNC(=O)c2ccc(C)cc2C)nc2ccccc21. The third kappa shape index (κ3) is 5.47. The molecule has 0 fully saturated rings. The van der Waals surface area contributed by atoms with E-state index in [1.165, 1.54) is 29.7 Å². The molecule has 0 saturated carbocycles. The van der Waals surface area contributed by atoms with Crippen LogP contribution < -0.4 is 5.32 Å². The molecule has 0 atom stereocenters. The van der Waals surface area contributed by atoms with Crippen LogP contribution in [0.2, 0.25) is 0 Å². The molecular weight excluding hydrogens is 358 g/mol. The van der Waals surface area contributed by atoms with Gasteiger partial charge < -0.3 is 9.88 Å². The van der Waals surface area contributed by atoms with Crippen LogP contribution >= 0.6 is 0 Å². The summed E-state index contributed by atoms with van der Waals surface area (Å²) >= 11 is 0. The normalized spacial score (nSPS) is 11.1. The number of aryl methyl sites for hydroxylation is 4. The summed E-state index contributed by atoms with van der Waals surface area (Å²) in [4.78, 5) is 17.2. The third-order valence-corrected chi connectivity index (χ3v) is 5.46. The van der Waals surface area contributed by atoms with Gasteiger partial charge in [0.2, 0.25) is 0 Å². The quantitative estimate of drug-likeness (QED) is 0.458. The first-order valence-corrected chi connectivity index (χ1v) is 10.9. The number of amides is 1. The summed E-state index contributed by atoms with van der Waals surface area (Å²) in [5.41, 5.74) is 5.34. The highest BCUT2D eigenvalue weighted by Gasteiger charge is 2.10. The first-order valence-electron chi connectivity index (χ1n) is 10.9. The van der Waals surface area contributed by atoms with Gasteiger partial charge in [-0.2, -0.15) is 0 Å². The summed E-state index contributed by atoms with van der Waals surface area (Å²) in [6, 6.07) is 14.4. The van der Waals surface area contributed by atoms with E-state index in [4.69, 9.17) is 4.98 Å². The number of nitrogens with zero attached hydrogens (tertiary/aromatic N) is 2. The monoisotopic (exact) mass is 391 g/mol. The van der Waals surface area contributed by atoms with Crippen molar-refractivity contribution in [2.75, 3.05) is 6.54 Å².